The number of nitrogens with zero attached hydrogens (tertiary/aromatic N) is 2. The van der Waals surface area contributed by atoms with Crippen molar-refractivity contribution in [2.45, 2.75) is 25.7 Å². The van der Waals surface area contributed by atoms with E-state index in [1.807, 2.05) is 6.07 Å². The lowest BCUT2D eigenvalue weighted by Gasteiger charge is -2.25. The van der Waals surface area contributed by atoms with Gasteiger partial charge in [0.25, 0.3) is 0 Å². The van der Waals surface area contributed by atoms with Gasteiger partial charge in [-0.25, -0.2) is 9.37 Å². The molecule has 0 aliphatic heterocycles. The van der Waals surface area contributed by atoms with E-state index in [1.165, 1.54) is 18.2 Å². The van der Waals surface area contributed by atoms with Crippen LogP contribution in [-0.4, -0.2) is 22.0 Å². The average molecular weight is 373 g/mol. The third-order valence-electron chi connectivity index (χ3n) is 4.45. The van der Waals surface area contributed by atoms with Crippen LogP contribution in [0.4, 0.5) is 9.52 Å². The van der Waals surface area contributed by atoms with Crippen LogP contribution in [-0.2, 0) is 9.59 Å². The largest absolute Gasteiger partial charge is 0.481 e. The molecule has 3 rings (SSSR count). The van der Waals surface area contributed by atoms with Gasteiger partial charge in [0, 0.05) is 11.5 Å². The smallest absolute Gasteiger partial charge is 0.306 e. The maximum Gasteiger partial charge on any atom is 0.306 e. The first-order chi connectivity index (χ1) is 12.5. The second kappa shape index (κ2) is 7.62. The van der Waals surface area contributed by atoms with Gasteiger partial charge in [-0.1, -0.05) is 29.9 Å². The van der Waals surface area contributed by atoms with Crippen LogP contribution in [0.15, 0.2) is 24.3 Å². The van der Waals surface area contributed by atoms with Crippen molar-refractivity contribution in [1.29, 1.82) is 5.26 Å². The first kappa shape index (κ1) is 18.0. The fourth-order valence-corrected chi connectivity index (χ4v) is 3.93. The van der Waals surface area contributed by atoms with Gasteiger partial charge in [0.2, 0.25) is 5.91 Å². The van der Waals surface area contributed by atoms with Gasteiger partial charge in [-0.15, -0.1) is 0 Å². The Kier molecular flexibility index (Phi) is 5.28. The van der Waals surface area contributed by atoms with E-state index >= 15 is 0 Å². The fraction of sp³-hybridized carbons (Fsp3) is 0.333. The molecule has 8 heteroatoms. The summed E-state index contributed by atoms with van der Waals surface area (Å²) in [7, 11) is 0. The molecule has 1 heterocycles. The second-order valence-corrected chi connectivity index (χ2v) is 7.21. The number of halogens is 1. The van der Waals surface area contributed by atoms with Gasteiger partial charge in [0.15, 0.2) is 5.13 Å². The molecule has 0 unspecified atom stereocenters. The zero-order valence-corrected chi connectivity index (χ0v) is 14.6. The number of amides is 1. The van der Waals surface area contributed by atoms with Crippen LogP contribution in [0.1, 0.15) is 30.6 Å². The number of carbonyl (C=O) groups is 2. The molecule has 1 fully saturated rings. The summed E-state index contributed by atoms with van der Waals surface area (Å²) in [5.74, 6) is -2.51. The van der Waals surface area contributed by atoms with Crippen molar-refractivity contribution < 1.29 is 19.1 Å². The summed E-state index contributed by atoms with van der Waals surface area (Å²) in [6.07, 6.45) is 2.20. The standard InChI is InChI=1S/C18H16FN3O3S/c19-13-6-2-3-10(8-13)15-14(9-20)26-18(21-15)22-16(23)11-4-1-5-12(7-11)17(24)25/h2-3,6,8,11-12H,1,4-5,7H2,(H,24,25)(H,21,22,23)/t11-,12-/m0/s1. The lowest BCUT2D eigenvalue weighted by molar-refractivity contribution is -0.143. The quantitative estimate of drug-likeness (QED) is 0.851. The molecule has 26 heavy (non-hydrogen) atoms. The summed E-state index contributed by atoms with van der Waals surface area (Å²) in [5.41, 5.74) is 0.779. The topological polar surface area (TPSA) is 103 Å². The van der Waals surface area contributed by atoms with E-state index in [4.69, 9.17) is 5.11 Å². The molecular weight excluding hydrogens is 357 g/mol. The molecule has 1 amide bonds. The highest BCUT2D eigenvalue weighted by Gasteiger charge is 2.31. The molecule has 1 saturated carbocycles. The molecule has 2 atom stereocenters. The Hall–Kier alpha value is -2.79. The number of aliphatic carboxylic acids is 1. The number of aromatic nitrogens is 1. The Bertz CT molecular complexity index is 890. The number of anilines is 1. The Morgan fingerprint density at radius 1 is 1.35 bits per heavy atom. The third kappa shape index (κ3) is 3.89. The first-order valence-electron chi connectivity index (χ1n) is 8.18. The maximum absolute atomic E-state index is 13.4. The summed E-state index contributed by atoms with van der Waals surface area (Å²) < 4.78 is 13.4. The molecule has 134 valence electrons. The zero-order valence-electron chi connectivity index (χ0n) is 13.7. The number of hydrogen-bond donors (Lipinski definition) is 2. The molecule has 0 saturated heterocycles. The summed E-state index contributed by atoms with van der Waals surface area (Å²) in [5, 5.41) is 21.4. The predicted octanol–water partition coefficient (Wildman–Crippen LogP) is 3.65. The van der Waals surface area contributed by atoms with Crippen LogP contribution in [0.2, 0.25) is 0 Å². The minimum atomic E-state index is -0.878. The number of carbonyl (C=O) groups excluding carboxylic acids is 1. The van der Waals surface area contributed by atoms with E-state index in [9.17, 15) is 19.2 Å². The monoisotopic (exact) mass is 373 g/mol. The van der Waals surface area contributed by atoms with Crippen LogP contribution in [0.3, 0.4) is 0 Å². The van der Waals surface area contributed by atoms with Gasteiger partial charge in [-0.05, 0) is 31.4 Å². The molecular formula is C18H16FN3O3S. The number of carboxylic acid groups (broad SMARTS) is 1. The van der Waals surface area contributed by atoms with Crippen molar-refractivity contribution in [3.05, 3.63) is 35.0 Å². The van der Waals surface area contributed by atoms with Gasteiger partial charge >= 0.3 is 5.97 Å². The number of thiazole rings is 1. The first-order valence-corrected chi connectivity index (χ1v) is 9.00. The van der Waals surface area contributed by atoms with Crippen molar-refractivity contribution in [3.8, 4) is 17.3 Å². The summed E-state index contributed by atoms with van der Waals surface area (Å²) in [6, 6.07) is 7.76. The SMILES string of the molecule is N#Cc1sc(NC(=O)[C@H]2CCC[C@H](C(=O)O)C2)nc1-c1cccc(F)c1. The minimum absolute atomic E-state index is 0.253. The van der Waals surface area contributed by atoms with E-state index in [0.717, 1.165) is 11.3 Å². The van der Waals surface area contributed by atoms with Gasteiger partial charge in [0.1, 0.15) is 22.5 Å². The van der Waals surface area contributed by atoms with E-state index < -0.39 is 23.6 Å². The molecule has 2 N–H and O–H groups in total. The lowest BCUT2D eigenvalue weighted by Crippen LogP contribution is -2.30. The summed E-state index contributed by atoms with van der Waals surface area (Å²) >= 11 is 1.02. The van der Waals surface area contributed by atoms with Crippen LogP contribution in [0, 0.1) is 29.0 Å². The summed E-state index contributed by atoms with van der Waals surface area (Å²) in [4.78, 5) is 28.1. The van der Waals surface area contributed by atoms with Crippen molar-refractivity contribution in [3.63, 3.8) is 0 Å². The van der Waals surface area contributed by atoms with E-state index in [1.54, 1.807) is 6.07 Å². The zero-order chi connectivity index (χ0) is 18.7. The number of nitriles is 1. The highest BCUT2D eigenvalue weighted by molar-refractivity contribution is 7.16. The van der Waals surface area contributed by atoms with E-state index in [2.05, 4.69) is 10.3 Å². The van der Waals surface area contributed by atoms with Gasteiger partial charge in [-0.2, -0.15) is 5.26 Å². The van der Waals surface area contributed by atoms with Crippen molar-refractivity contribution in [2.24, 2.45) is 11.8 Å². The van der Waals surface area contributed by atoms with Gasteiger partial charge < -0.3 is 10.4 Å². The van der Waals surface area contributed by atoms with Crippen molar-refractivity contribution in [1.82, 2.24) is 4.98 Å². The molecule has 0 spiro atoms. The molecule has 2 aromatic rings. The number of rotatable bonds is 4. The number of hydrogen-bond acceptors (Lipinski definition) is 5. The van der Waals surface area contributed by atoms with E-state index in [0.29, 0.717) is 36.9 Å². The second-order valence-electron chi connectivity index (χ2n) is 6.21. The van der Waals surface area contributed by atoms with Crippen molar-refractivity contribution in [2.75, 3.05) is 5.32 Å². The Morgan fingerprint density at radius 3 is 2.81 bits per heavy atom. The van der Waals surface area contributed by atoms with Crippen LogP contribution >= 0.6 is 11.3 Å². The maximum atomic E-state index is 13.4. The molecule has 1 aliphatic rings. The highest BCUT2D eigenvalue weighted by atomic mass is 32.1. The molecule has 0 bridgehead atoms. The fourth-order valence-electron chi connectivity index (χ4n) is 3.14. The predicted molar refractivity (Wildman–Crippen MR) is 93.9 cm³/mol. The summed E-state index contributed by atoms with van der Waals surface area (Å²) in [6.45, 7) is 0. The van der Waals surface area contributed by atoms with Gasteiger partial charge in [0.05, 0.1) is 5.92 Å². The highest BCUT2D eigenvalue weighted by Crippen LogP contribution is 2.33. The lowest BCUT2D eigenvalue weighted by atomic mass is 9.81. The number of benzene rings is 1. The normalized spacial score (nSPS) is 19.5. The molecule has 0 radical (unpaired) electrons. The Morgan fingerprint density at radius 2 is 2.12 bits per heavy atom. The molecule has 1 aromatic carbocycles. The number of nitrogens with one attached hydrogen (secondary N) is 1. The Balaban J connectivity index is 1.77. The van der Waals surface area contributed by atoms with Gasteiger partial charge in [-0.3, -0.25) is 9.59 Å². The van der Waals surface area contributed by atoms with E-state index in [-0.39, 0.29) is 15.9 Å². The van der Waals surface area contributed by atoms with Crippen LogP contribution in [0.5, 0.6) is 0 Å². The Labute approximate surface area is 153 Å². The third-order valence-corrected chi connectivity index (χ3v) is 5.33. The van der Waals surface area contributed by atoms with Crippen molar-refractivity contribution >= 4 is 28.3 Å². The van der Waals surface area contributed by atoms with Crippen LogP contribution in [0.25, 0.3) is 11.3 Å². The minimum Gasteiger partial charge on any atom is -0.481 e. The number of carboxylic acids is 1. The molecule has 6 nitrogen and oxygen atoms in total. The average Bonchev–Trinajstić information content (AvgIpc) is 3.04. The molecule has 1 aromatic heterocycles. The van der Waals surface area contributed by atoms with Crippen LogP contribution < -0.4 is 5.32 Å². The molecule has 1 aliphatic carbocycles.